The third-order valence-electron chi connectivity index (χ3n) is 4.13. The smallest absolute Gasteiger partial charge is 0.319 e. The molecule has 3 N–H and O–H groups in total. The summed E-state index contributed by atoms with van der Waals surface area (Å²) in [5.41, 5.74) is 3.42. The molecule has 4 heteroatoms. The summed E-state index contributed by atoms with van der Waals surface area (Å²) in [5, 5.41) is 3.31. The van der Waals surface area contributed by atoms with E-state index in [0.717, 1.165) is 24.0 Å². The second kappa shape index (κ2) is 4.28. The Bertz CT molecular complexity index is 607. The second-order valence-corrected chi connectivity index (χ2v) is 5.52. The molecule has 96 valence electrons. The number of rotatable bonds is 4. The van der Waals surface area contributed by atoms with Crippen LogP contribution in [-0.4, -0.2) is 23.6 Å². The van der Waals surface area contributed by atoms with Gasteiger partial charge in [-0.05, 0) is 49.4 Å². The van der Waals surface area contributed by atoms with Crippen LogP contribution in [0.2, 0.25) is 0 Å². The largest absolute Gasteiger partial charge is 0.323 e. The number of fused-ring (bicyclic) bond motifs is 1. The van der Waals surface area contributed by atoms with Gasteiger partial charge >= 0.3 is 5.69 Å². The first-order valence-electron chi connectivity index (χ1n) is 6.56. The third kappa shape index (κ3) is 1.97. The summed E-state index contributed by atoms with van der Waals surface area (Å²) in [6.45, 7) is 1.08. The molecule has 0 aliphatic heterocycles. The van der Waals surface area contributed by atoms with Crippen LogP contribution >= 0.6 is 0 Å². The fourth-order valence-corrected chi connectivity index (χ4v) is 3.09. The zero-order valence-corrected chi connectivity index (χ0v) is 10.7. The predicted molar refractivity (Wildman–Crippen MR) is 72.8 cm³/mol. The average Bonchev–Trinajstić information content (AvgIpc) is 2.65. The molecule has 18 heavy (non-hydrogen) atoms. The first-order valence-corrected chi connectivity index (χ1v) is 6.56. The highest BCUT2D eigenvalue weighted by Crippen LogP contribution is 2.43. The molecule has 3 rings (SSSR count). The van der Waals surface area contributed by atoms with Gasteiger partial charge in [0.25, 0.3) is 0 Å². The molecule has 0 amide bonds. The minimum atomic E-state index is -0.129. The lowest BCUT2D eigenvalue weighted by Crippen LogP contribution is -2.40. The van der Waals surface area contributed by atoms with Gasteiger partial charge in [0.15, 0.2) is 0 Å². The van der Waals surface area contributed by atoms with E-state index in [9.17, 15) is 4.79 Å². The Balaban J connectivity index is 1.87. The summed E-state index contributed by atoms with van der Waals surface area (Å²) in [7, 11) is 2.02. The molecule has 0 atom stereocenters. The Morgan fingerprint density at radius 2 is 2.06 bits per heavy atom. The van der Waals surface area contributed by atoms with Crippen molar-refractivity contribution < 1.29 is 0 Å². The summed E-state index contributed by atoms with van der Waals surface area (Å²) in [6, 6.07) is 6.22. The minimum absolute atomic E-state index is 0.129. The number of H-pyrrole nitrogens is 2. The van der Waals surface area contributed by atoms with Crippen molar-refractivity contribution in [3.8, 4) is 0 Å². The van der Waals surface area contributed by atoms with Crippen molar-refractivity contribution in [3.63, 3.8) is 0 Å². The van der Waals surface area contributed by atoms with E-state index in [1.165, 1.54) is 24.8 Å². The van der Waals surface area contributed by atoms with E-state index < -0.39 is 0 Å². The van der Waals surface area contributed by atoms with E-state index >= 15 is 0 Å². The van der Waals surface area contributed by atoms with Crippen molar-refractivity contribution in [2.24, 2.45) is 5.41 Å². The molecule has 0 spiro atoms. The Morgan fingerprint density at radius 3 is 2.72 bits per heavy atom. The highest BCUT2D eigenvalue weighted by Gasteiger charge is 2.36. The van der Waals surface area contributed by atoms with E-state index in [2.05, 4.69) is 27.4 Å². The maximum atomic E-state index is 11.2. The molecule has 0 radical (unpaired) electrons. The zero-order chi connectivity index (χ0) is 12.6. The molecular formula is C14H19N3O. The van der Waals surface area contributed by atoms with Crippen LogP contribution in [0.25, 0.3) is 11.0 Å². The number of hydrogen-bond donors (Lipinski definition) is 3. The number of nitrogens with one attached hydrogen (secondary N) is 3. The number of imidazole rings is 1. The molecule has 1 fully saturated rings. The van der Waals surface area contributed by atoms with Gasteiger partial charge in [0.1, 0.15) is 0 Å². The molecule has 4 nitrogen and oxygen atoms in total. The van der Waals surface area contributed by atoms with Gasteiger partial charge in [-0.1, -0.05) is 12.5 Å². The molecule has 1 aromatic heterocycles. The highest BCUT2D eigenvalue weighted by molar-refractivity contribution is 5.75. The monoisotopic (exact) mass is 245 g/mol. The molecule has 1 aromatic carbocycles. The molecule has 1 aliphatic carbocycles. The molecule has 1 saturated carbocycles. The number of hydrogen-bond acceptors (Lipinski definition) is 2. The number of aromatic nitrogens is 2. The summed E-state index contributed by atoms with van der Waals surface area (Å²) in [4.78, 5) is 16.8. The second-order valence-electron chi connectivity index (χ2n) is 5.52. The van der Waals surface area contributed by atoms with E-state index in [1.807, 2.05) is 13.1 Å². The van der Waals surface area contributed by atoms with E-state index in [-0.39, 0.29) is 5.69 Å². The number of benzene rings is 1. The van der Waals surface area contributed by atoms with Gasteiger partial charge in [-0.15, -0.1) is 0 Å². The third-order valence-corrected chi connectivity index (χ3v) is 4.13. The fourth-order valence-electron chi connectivity index (χ4n) is 3.09. The predicted octanol–water partition coefficient (Wildman–Crippen LogP) is 1.79. The molecule has 2 aromatic rings. The van der Waals surface area contributed by atoms with E-state index in [1.54, 1.807) is 0 Å². The van der Waals surface area contributed by atoms with Crippen LogP contribution in [-0.2, 0) is 6.42 Å². The molecular weight excluding hydrogens is 226 g/mol. The first kappa shape index (κ1) is 11.5. The van der Waals surface area contributed by atoms with Crippen molar-refractivity contribution >= 4 is 11.0 Å². The summed E-state index contributed by atoms with van der Waals surface area (Å²) >= 11 is 0. The lowest BCUT2D eigenvalue weighted by molar-refractivity contribution is 0.133. The van der Waals surface area contributed by atoms with Crippen LogP contribution in [0.4, 0.5) is 0 Å². The van der Waals surface area contributed by atoms with Crippen LogP contribution in [0.3, 0.4) is 0 Å². The first-order chi connectivity index (χ1) is 8.71. The topological polar surface area (TPSA) is 60.7 Å². The van der Waals surface area contributed by atoms with Crippen molar-refractivity contribution in [2.75, 3.05) is 13.6 Å². The van der Waals surface area contributed by atoms with Gasteiger partial charge in [-0.2, -0.15) is 0 Å². The Hall–Kier alpha value is -1.55. The van der Waals surface area contributed by atoms with Crippen molar-refractivity contribution in [1.82, 2.24) is 15.3 Å². The van der Waals surface area contributed by atoms with Gasteiger partial charge in [0, 0.05) is 6.54 Å². The maximum absolute atomic E-state index is 11.2. The Morgan fingerprint density at radius 1 is 1.28 bits per heavy atom. The van der Waals surface area contributed by atoms with Crippen molar-refractivity contribution in [1.29, 1.82) is 0 Å². The molecule has 0 saturated heterocycles. The van der Waals surface area contributed by atoms with Gasteiger partial charge in [-0.25, -0.2) is 4.79 Å². The summed E-state index contributed by atoms with van der Waals surface area (Å²) < 4.78 is 0. The maximum Gasteiger partial charge on any atom is 0.323 e. The molecule has 1 heterocycles. The van der Waals surface area contributed by atoms with Crippen LogP contribution < -0.4 is 11.0 Å². The van der Waals surface area contributed by atoms with Gasteiger partial charge in [-0.3, -0.25) is 0 Å². The van der Waals surface area contributed by atoms with E-state index in [0.29, 0.717) is 5.41 Å². The van der Waals surface area contributed by atoms with Gasteiger partial charge in [0.2, 0.25) is 0 Å². The van der Waals surface area contributed by atoms with Crippen molar-refractivity contribution in [3.05, 3.63) is 34.2 Å². The van der Waals surface area contributed by atoms with Crippen LogP contribution in [0.15, 0.2) is 23.0 Å². The van der Waals surface area contributed by atoms with Crippen LogP contribution in [0, 0.1) is 5.41 Å². The molecule has 0 bridgehead atoms. The van der Waals surface area contributed by atoms with Crippen LogP contribution in [0.1, 0.15) is 24.8 Å². The lowest BCUT2D eigenvalue weighted by Gasteiger charge is -2.42. The number of aromatic amines is 2. The zero-order valence-electron chi connectivity index (χ0n) is 10.7. The quantitative estimate of drug-likeness (QED) is 0.769. The van der Waals surface area contributed by atoms with Gasteiger partial charge < -0.3 is 15.3 Å². The van der Waals surface area contributed by atoms with Crippen molar-refractivity contribution in [2.45, 2.75) is 25.7 Å². The van der Waals surface area contributed by atoms with Gasteiger partial charge in [0.05, 0.1) is 11.0 Å². The SMILES string of the molecule is CNCC1(Cc2ccc3[nH]c(=O)[nH]c3c2)CCC1. The Kier molecular flexibility index (Phi) is 2.74. The fraction of sp³-hybridized carbons (Fsp3) is 0.500. The van der Waals surface area contributed by atoms with Crippen LogP contribution in [0.5, 0.6) is 0 Å². The molecule has 1 aliphatic rings. The normalized spacial score (nSPS) is 17.8. The standard InChI is InChI=1S/C14H19N3O/c1-15-9-14(5-2-6-14)8-10-3-4-11-12(7-10)17-13(18)16-11/h3-4,7,15H,2,5-6,8-9H2,1H3,(H2,16,17,18). The average molecular weight is 245 g/mol. The lowest BCUT2D eigenvalue weighted by atomic mass is 9.65. The minimum Gasteiger partial charge on any atom is -0.319 e. The molecule has 0 unspecified atom stereocenters. The summed E-state index contributed by atoms with van der Waals surface area (Å²) in [5.74, 6) is 0. The highest BCUT2D eigenvalue weighted by atomic mass is 16.1. The van der Waals surface area contributed by atoms with E-state index in [4.69, 9.17) is 0 Å². The Labute approximate surface area is 106 Å². The summed E-state index contributed by atoms with van der Waals surface area (Å²) in [6.07, 6.45) is 5.03.